The highest BCUT2D eigenvalue weighted by Gasteiger charge is 2.63. The highest BCUT2D eigenvalue weighted by Crippen LogP contribution is 2.54. The van der Waals surface area contributed by atoms with Crippen molar-refractivity contribution in [2.45, 2.75) is 44.3 Å². The van der Waals surface area contributed by atoms with E-state index in [9.17, 15) is 4.79 Å². The van der Waals surface area contributed by atoms with E-state index in [4.69, 9.17) is 14.6 Å². The van der Waals surface area contributed by atoms with Crippen molar-refractivity contribution < 1.29 is 19.4 Å². The largest absolute Gasteiger partial charge is 0.483 e. The summed E-state index contributed by atoms with van der Waals surface area (Å²) in [6, 6.07) is 8.52. The second-order valence-corrected chi connectivity index (χ2v) is 8.66. The van der Waals surface area contributed by atoms with Gasteiger partial charge in [0.05, 0.1) is 18.2 Å². The third-order valence-electron chi connectivity index (χ3n) is 6.46. The molecule has 1 aromatic rings. The molecule has 3 heterocycles. The van der Waals surface area contributed by atoms with Gasteiger partial charge in [0.1, 0.15) is 0 Å². The predicted octanol–water partition coefficient (Wildman–Crippen LogP) is 2.20. The van der Waals surface area contributed by atoms with Gasteiger partial charge < -0.3 is 19.6 Å². The standard InChI is InChI=1S/C21H30N2O2.CH2O2/c1-15-4-6-16(7-5-15)8-9-20(24)23-13-18-17(12-22(2)3)19-10-11-21(18,14-23)25-19;2-1-3/h4-7,17-19H,8-14H2,1-3H3;1H,(H,2,3)/t17-,18+,19+,21+;/m0./s1. The van der Waals surface area contributed by atoms with Crippen molar-refractivity contribution in [2.75, 3.05) is 33.7 Å². The van der Waals surface area contributed by atoms with Crippen molar-refractivity contribution >= 4 is 12.4 Å². The average molecular weight is 389 g/mol. The van der Waals surface area contributed by atoms with E-state index < -0.39 is 0 Å². The van der Waals surface area contributed by atoms with Gasteiger partial charge in [0, 0.05) is 31.3 Å². The van der Waals surface area contributed by atoms with E-state index in [-0.39, 0.29) is 12.1 Å². The number of rotatable bonds is 5. The Hall–Kier alpha value is -1.92. The predicted molar refractivity (Wildman–Crippen MR) is 107 cm³/mol. The molecule has 3 aliphatic rings. The third-order valence-corrected chi connectivity index (χ3v) is 6.46. The maximum Gasteiger partial charge on any atom is 0.290 e. The van der Waals surface area contributed by atoms with Gasteiger partial charge in [-0.05, 0) is 45.8 Å². The van der Waals surface area contributed by atoms with E-state index in [0.29, 0.717) is 30.3 Å². The van der Waals surface area contributed by atoms with E-state index in [1.165, 1.54) is 17.5 Å². The van der Waals surface area contributed by atoms with Crippen LogP contribution in [0.2, 0.25) is 0 Å². The normalized spacial score (nSPS) is 30.1. The Morgan fingerprint density at radius 1 is 1.36 bits per heavy atom. The number of benzene rings is 1. The van der Waals surface area contributed by atoms with Crippen molar-refractivity contribution in [2.24, 2.45) is 11.8 Å². The van der Waals surface area contributed by atoms with Crippen LogP contribution in [0, 0.1) is 18.8 Å². The summed E-state index contributed by atoms with van der Waals surface area (Å²) in [5.74, 6) is 1.40. The first-order valence-electron chi connectivity index (χ1n) is 10.1. The van der Waals surface area contributed by atoms with E-state index in [0.717, 1.165) is 32.5 Å². The molecule has 28 heavy (non-hydrogen) atoms. The lowest BCUT2D eigenvalue weighted by Gasteiger charge is -2.30. The number of aryl methyl sites for hydroxylation is 2. The van der Waals surface area contributed by atoms with Gasteiger partial charge in [-0.2, -0.15) is 0 Å². The van der Waals surface area contributed by atoms with Gasteiger partial charge in [0.25, 0.3) is 6.47 Å². The molecule has 0 unspecified atom stereocenters. The Balaban J connectivity index is 0.000000706. The van der Waals surface area contributed by atoms with Gasteiger partial charge in [-0.1, -0.05) is 29.8 Å². The van der Waals surface area contributed by atoms with E-state index in [1.807, 2.05) is 0 Å². The quantitative estimate of drug-likeness (QED) is 0.783. The molecule has 1 spiro atoms. The topological polar surface area (TPSA) is 70.1 Å². The fourth-order valence-electron chi connectivity index (χ4n) is 5.21. The van der Waals surface area contributed by atoms with Crippen molar-refractivity contribution in [3.63, 3.8) is 0 Å². The summed E-state index contributed by atoms with van der Waals surface area (Å²) < 4.78 is 6.43. The molecule has 0 radical (unpaired) electrons. The van der Waals surface area contributed by atoms with Gasteiger partial charge in [0.2, 0.25) is 5.91 Å². The fraction of sp³-hybridized carbons (Fsp3) is 0.636. The molecule has 0 aliphatic carbocycles. The number of hydrogen-bond donors (Lipinski definition) is 1. The lowest BCUT2D eigenvalue weighted by molar-refractivity contribution is -0.131. The number of amides is 1. The van der Waals surface area contributed by atoms with Crippen LogP contribution in [0.4, 0.5) is 0 Å². The molecule has 3 fully saturated rings. The molecule has 154 valence electrons. The van der Waals surface area contributed by atoms with Crippen molar-refractivity contribution in [3.8, 4) is 0 Å². The average Bonchev–Trinajstić information content (AvgIpc) is 3.31. The minimum atomic E-state index is -0.250. The molecule has 2 bridgehead atoms. The molecule has 1 aromatic carbocycles. The summed E-state index contributed by atoms with van der Waals surface area (Å²) in [6.45, 7) is 4.62. The number of hydrogen-bond acceptors (Lipinski definition) is 4. The summed E-state index contributed by atoms with van der Waals surface area (Å²) in [6.07, 6.45) is 4.15. The molecule has 0 aromatic heterocycles. The van der Waals surface area contributed by atoms with Crippen LogP contribution >= 0.6 is 0 Å². The molecular formula is C22H32N2O4. The summed E-state index contributed by atoms with van der Waals surface area (Å²) in [7, 11) is 4.27. The first-order chi connectivity index (χ1) is 13.4. The summed E-state index contributed by atoms with van der Waals surface area (Å²) in [5, 5.41) is 6.89. The number of fused-ring (bicyclic) bond motifs is 1. The van der Waals surface area contributed by atoms with Crippen LogP contribution in [0.3, 0.4) is 0 Å². The number of carbonyl (C=O) groups excluding carboxylic acids is 1. The number of carboxylic acid groups (broad SMARTS) is 1. The van der Waals surface area contributed by atoms with Crippen LogP contribution in [0.1, 0.15) is 30.4 Å². The summed E-state index contributed by atoms with van der Waals surface area (Å²) in [4.78, 5) is 25.5. The van der Waals surface area contributed by atoms with Gasteiger partial charge >= 0.3 is 0 Å². The molecule has 4 atom stereocenters. The van der Waals surface area contributed by atoms with Crippen LogP contribution in [-0.2, 0) is 20.7 Å². The van der Waals surface area contributed by atoms with E-state index in [2.05, 4.69) is 55.1 Å². The first kappa shape index (κ1) is 20.8. The maximum atomic E-state index is 12.8. The minimum absolute atomic E-state index is 0.0368. The summed E-state index contributed by atoms with van der Waals surface area (Å²) in [5.41, 5.74) is 2.48. The van der Waals surface area contributed by atoms with Crippen LogP contribution in [0.5, 0.6) is 0 Å². The highest BCUT2D eigenvalue weighted by molar-refractivity contribution is 5.77. The lowest BCUT2D eigenvalue weighted by Crippen LogP contribution is -2.40. The van der Waals surface area contributed by atoms with Gasteiger partial charge in [-0.15, -0.1) is 0 Å². The highest BCUT2D eigenvalue weighted by atomic mass is 16.5. The lowest BCUT2D eigenvalue weighted by atomic mass is 9.73. The Labute approximate surface area is 167 Å². The second kappa shape index (κ2) is 8.62. The molecule has 3 saturated heterocycles. The Morgan fingerprint density at radius 2 is 2.04 bits per heavy atom. The molecule has 3 aliphatic heterocycles. The molecule has 0 saturated carbocycles. The summed E-state index contributed by atoms with van der Waals surface area (Å²) >= 11 is 0. The Morgan fingerprint density at radius 3 is 2.68 bits per heavy atom. The van der Waals surface area contributed by atoms with Crippen molar-refractivity contribution in [1.29, 1.82) is 0 Å². The zero-order valence-electron chi connectivity index (χ0n) is 17.1. The van der Waals surface area contributed by atoms with Crippen LogP contribution in [0.25, 0.3) is 0 Å². The Bertz CT molecular complexity index is 690. The fourth-order valence-corrected chi connectivity index (χ4v) is 5.21. The van der Waals surface area contributed by atoms with E-state index in [1.54, 1.807) is 0 Å². The molecular weight excluding hydrogens is 356 g/mol. The molecule has 1 amide bonds. The zero-order valence-corrected chi connectivity index (χ0v) is 17.1. The van der Waals surface area contributed by atoms with Gasteiger partial charge in [-0.3, -0.25) is 9.59 Å². The van der Waals surface area contributed by atoms with Crippen LogP contribution < -0.4 is 0 Å². The maximum absolute atomic E-state index is 12.8. The number of carbonyl (C=O) groups is 2. The molecule has 4 rings (SSSR count). The molecule has 6 heteroatoms. The van der Waals surface area contributed by atoms with Crippen molar-refractivity contribution in [1.82, 2.24) is 9.80 Å². The number of nitrogens with zero attached hydrogens (tertiary/aromatic N) is 2. The van der Waals surface area contributed by atoms with Gasteiger partial charge in [-0.25, -0.2) is 0 Å². The monoisotopic (exact) mass is 388 g/mol. The second-order valence-electron chi connectivity index (χ2n) is 8.66. The van der Waals surface area contributed by atoms with E-state index >= 15 is 0 Å². The smallest absolute Gasteiger partial charge is 0.290 e. The first-order valence-corrected chi connectivity index (χ1v) is 10.1. The van der Waals surface area contributed by atoms with Gasteiger partial charge in [0.15, 0.2) is 0 Å². The van der Waals surface area contributed by atoms with Crippen LogP contribution in [0.15, 0.2) is 24.3 Å². The number of ether oxygens (including phenoxy) is 1. The van der Waals surface area contributed by atoms with Crippen LogP contribution in [-0.4, -0.2) is 72.7 Å². The number of likely N-dealkylation sites (tertiary alicyclic amines) is 1. The Kier molecular flexibility index (Phi) is 6.40. The SMILES string of the molecule is Cc1ccc(CCC(=O)N2C[C@@H]3[C@H](CN(C)C)[C@H]4CC[C@]3(C2)O4)cc1.O=CO. The van der Waals surface area contributed by atoms with Crippen molar-refractivity contribution in [3.05, 3.63) is 35.4 Å². The third kappa shape index (κ3) is 4.23. The molecule has 1 N–H and O–H groups in total. The zero-order chi connectivity index (χ0) is 20.3. The minimum Gasteiger partial charge on any atom is -0.483 e. The molecule has 6 nitrogen and oxygen atoms in total.